The predicted octanol–water partition coefficient (Wildman–Crippen LogP) is 5.37. The van der Waals surface area contributed by atoms with Gasteiger partial charge in [0.25, 0.3) is 0 Å². The van der Waals surface area contributed by atoms with E-state index >= 15 is 0 Å². The molecule has 1 unspecified atom stereocenters. The van der Waals surface area contributed by atoms with Gasteiger partial charge < -0.3 is 5.32 Å². The third-order valence-corrected chi connectivity index (χ3v) is 6.06. The van der Waals surface area contributed by atoms with Crippen LogP contribution in [-0.4, -0.2) is 7.05 Å². The summed E-state index contributed by atoms with van der Waals surface area (Å²) in [5.74, 6) is -0.264. The van der Waals surface area contributed by atoms with Crippen molar-refractivity contribution in [2.24, 2.45) is 0 Å². The fourth-order valence-corrected chi connectivity index (χ4v) is 4.09. The molecule has 0 saturated carbocycles. The number of halogens is 4. The van der Waals surface area contributed by atoms with E-state index in [4.69, 9.17) is 11.6 Å². The first-order valence-electron chi connectivity index (χ1n) is 5.10. The minimum atomic E-state index is -0.264. The summed E-state index contributed by atoms with van der Waals surface area (Å²) in [7, 11) is 1.80. The van der Waals surface area contributed by atoms with Gasteiger partial charge in [-0.05, 0) is 63.2 Å². The van der Waals surface area contributed by atoms with Gasteiger partial charge in [0.05, 0.1) is 9.83 Å². The molecule has 1 aromatic heterocycles. The molecule has 1 N–H and O–H groups in total. The summed E-state index contributed by atoms with van der Waals surface area (Å²) < 4.78 is 15.8. The summed E-state index contributed by atoms with van der Waals surface area (Å²) in [5, 5.41) is 3.64. The van der Waals surface area contributed by atoms with Gasteiger partial charge in [-0.1, -0.05) is 11.6 Å². The molecular weight excluding hydrogens is 404 g/mol. The lowest BCUT2D eigenvalue weighted by atomic mass is 10.1. The molecule has 0 spiro atoms. The molecule has 1 heterocycles. The van der Waals surface area contributed by atoms with E-state index in [1.165, 1.54) is 6.07 Å². The van der Waals surface area contributed by atoms with Crippen molar-refractivity contribution in [1.82, 2.24) is 5.32 Å². The molecule has 0 aliphatic heterocycles. The lowest BCUT2D eigenvalue weighted by Gasteiger charge is -2.16. The van der Waals surface area contributed by atoms with Gasteiger partial charge in [0.2, 0.25) is 0 Å². The third kappa shape index (κ3) is 2.96. The Morgan fingerprint density at radius 3 is 2.61 bits per heavy atom. The maximum atomic E-state index is 13.9. The zero-order valence-electron chi connectivity index (χ0n) is 9.31. The van der Waals surface area contributed by atoms with Gasteiger partial charge in [0.15, 0.2) is 0 Å². The number of hydrogen-bond acceptors (Lipinski definition) is 2. The Morgan fingerprint density at radius 2 is 2.06 bits per heavy atom. The normalized spacial score (nSPS) is 12.7. The van der Waals surface area contributed by atoms with Gasteiger partial charge in [-0.2, -0.15) is 0 Å². The summed E-state index contributed by atoms with van der Waals surface area (Å²) in [6, 6.07) is 6.35. The Kier molecular flexibility index (Phi) is 4.83. The first kappa shape index (κ1) is 14.5. The summed E-state index contributed by atoms with van der Waals surface area (Å²) in [4.78, 5) is 1.01. The second-order valence-corrected chi connectivity index (χ2v) is 7.35. The standard InChI is InChI=1S/C12H9Br2ClFNS/c1-17-11(10-5-8(13)12(14)18-10)7-4-6(15)2-3-9(7)16/h2-5,11,17H,1H3. The van der Waals surface area contributed by atoms with Crippen LogP contribution in [0.25, 0.3) is 0 Å². The first-order chi connectivity index (χ1) is 8.52. The molecule has 0 fully saturated rings. The van der Waals surface area contributed by atoms with Gasteiger partial charge in [0.1, 0.15) is 5.82 Å². The molecule has 6 heteroatoms. The van der Waals surface area contributed by atoms with Crippen molar-refractivity contribution in [3.63, 3.8) is 0 Å². The van der Waals surface area contributed by atoms with Crippen LogP contribution in [0.2, 0.25) is 5.02 Å². The molecule has 18 heavy (non-hydrogen) atoms. The van der Waals surface area contributed by atoms with E-state index in [1.807, 2.05) is 6.07 Å². The van der Waals surface area contributed by atoms with Crippen molar-refractivity contribution in [2.75, 3.05) is 7.05 Å². The minimum absolute atomic E-state index is 0.212. The van der Waals surface area contributed by atoms with Crippen LogP contribution in [0.3, 0.4) is 0 Å². The number of hydrogen-bond donors (Lipinski definition) is 1. The van der Waals surface area contributed by atoms with Crippen molar-refractivity contribution in [1.29, 1.82) is 0 Å². The monoisotopic (exact) mass is 411 g/mol. The third-order valence-electron chi connectivity index (χ3n) is 2.51. The Morgan fingerprint density at radius 1 is 1.33 bits per heavy atom. The highest BCUT2D eigenvalue weighted by atomic mass is 79.9. The highest BCUT2D eigenvalue weighted by molar-refractivity contribution is 9.13. The largest absolute Gasteiger partial charge is 0.309 e. The fraction of sp³-hybridized carbons (Fsp3) is 0.167. The number of thiophene rings is 1. The van der Waals surface area contributed by atoms with Crippen LogP contribution in [0.1, 0.15) is 16.5 Å². The van der Waals surface area contributed by atoms with Gasteiger partial charge in [-0.3, -0.25) is 0 Å². The fourth-order valence-electron chi connectivity index (χ4n) is 1.69. The van der Waals surface area contributed by atoms with E-state index in [9.17, 15) is 4.39 Å². The van der Waals surface area contributed by atoms with Crippen LogP contribution in [0.15, 0.2) is 32.5 Å². The molecule has 1 nitrogen and oxygen atoms in total. The molecule has 1 aromatic carbocycles. The van der Waals surface area contributed by atoms with Crippen LogP contribution in [0.4, 0.5) is 4.39 Å². The smallest absolute Gasteiger partial charge is 0.128 e. The lowest BCUT2D eigenvalue weighted by Crippen LogP contribution is -2.17. The summed E-state index contributed by atoms with van der Waals surface area (Å²) in [5.41, 5.74) is 0.547. The number of nitrogens with one attached hydrogen (secondary N) is 1. The van der Waals surface area contributed by atoms with E-state index in [2.05, 4.69) is 37.2 Å². The quantitative estimate of drug-likeness (QED) is 0.713. The number of rotatable bonds is 3. The minimum Gasteiger partial charge on any atom is -0.309 e. The van der Waals surface area contributed by atoms with Crippen molar-refractivity contribution in [2.45, 2.75) is 6.04 Å². The zero-order chi connectivity index (χ0) is 13.3. The topological polar surface area (TPSA) is 12.0 Å². The molecule has 1 atom stereocenters. The SMILES string of the molecule is CNC(c1cc(Br)c(Br)s1)c1cc(Cl)ccc1F. The molecule has 2 rings (SSSR count). The highest BCUT2D eigenvalue weighted by Gasteiger charge is 2.19. The maximum Gasteiger partial charge on any atom is 0.128 e. The molecule has 96 valence electrons. The molecule has 2 aromatic rings. The van der Waals surface area contributed by atoms with Gasteiger partial charge >= 0.3 is 0 Å². The molecule has 0 saturated heterocycles. The Labute approximate surface area is 131 Å². The average Bonchev–Trinajstić information content (AvgIpc) is 2.65. The van der Waals surface area contributed by atoms with Gasteiger partial charge in [-0.15, -0.1) is 11.3 Å². The van der Waals surface area contributed by atoms with E-state index in [0.717, 1.165) is 13.1 Å². The summed E-state index contributed by atoms with van der Waals surface area (Å²) >= 11 is 14.4. The van der Waals surface area contributed by atoms with E-state index in [1.54, 1.807) is 30.5 Å². The molecule has 0 amide bonds. The van der Waals surface area contributed by atoms with Crippen LogP contribution in [-0.2, 0) is 0 Å². The van der Waals surface area contributed by atoms with Crippen molar-refractivity contribution < 1.29 is 4.39 Å². The van der Waals surface area contributed by atoms with Gasteiger partial charge in [0, 0.05) is 19.9 Å². The van der Waals surface area contributed by atoms with Crippen LogP contribution >= 0.6 is 54.8 Å². The first-order valence-corrected chi connectivity index (χ1v) is 7.88. The predicted molar refractivity (Wildman–Crippen MR) is 82.0 cm³/mol. The zero-order valence-corrected chi connectivity index (χ0v) is 14.1. The van der Waals surface area contributed by atoms with Gasteiger partial charge in [-0.25, -0.2) is 4.39 Å². The Balaban J connectivity index is 2.48. The maximum absolute atomic E-state index is 13.9. The second-order valence-electron chi connectivity index (χ2n) is 3.66. The van der Waals surface area contributed by atoms with Crippen LogP contribution < -0.4 is 5.32 Å². The van der Waals surface area contributed by atoms with Crippen molar-refractivity contribution in [3.8, 4) is 0 Å². The molecule has 0 aliphatic rings. The van der Waals surface area contributed by atoms with Crippen molar-refractivity contribution in [3.05, 3.63) is 53.8 Å². The lowest BCUT2D eigenvalue weighted by molar-refractivity contribution is 0.579. The Hall–Kier alpha value is 0.0600. The molecule has 0 bridgehead atoms. The van der Waals surface area contributed by atoms with Crippen LogP contribution in [0.5, 0.6) is 0 Å². The van der Waals surface area contributed by atoms with Crippen molar-refractivity contribution >= 4 is 54.8 Å². The highest BCUT2D eigenvalue weighted by Crippen LogP contribution is 2.38. The Bertz CT molecular complexity index is 554. The molecule has 0 radical (unpaired) electrons. The van der Waals surface area contributed by atoms with E-state index in [0.29, 0.717) is 10.6 Å². The molecule has 0 aliphatic carbocycles. The summed E-state index contributed by atoms with van der Waals surface area (Å²) in [6.45, 7) is 0. The number of benzene rings is 1. The molecular formula is C12H9Br2ClFNS. The van der Waals surface area contributed by atoms with Crippen LogP contribution in [0, 0.1) is 5.82 Å². The average molecular weight is 414 g/mol. The second kappa shape index (κ2) is 6.01. The van der Waals surface area contributed by atoms with E-state index < -0.39 is 0 Å². The van der Waals surface area contributed by atoms with E-state index in [-0.39, 0.29) is 11.9 Å². The summed E-state index contributed by atoms with van der Waals surface area (Å²) in [6.07, 6.45) is 0.